The number of rotatable bonds is 5. The molecule has 2 aromatic rings. The Morgan fingerprint density at radius 2 is 1.96 bits per heavy atom. The molecule has 1 unspecified atom stereocenters. The van der Waals surface area contributed by atoms with E-state index in [4.69, 9.17) is 4.42 Å². The second-order valence-corrected chi connectivity index (χ2v) is 6.24. The zero-order chi connectivity index (χ0) is 18.5. The van der Waals surface area contributed by atoms with E-state index in [2.05, 4.69) is 17.8 Å². The van der Waals surface area contributed by atoms with Gasteiger partial charge in [-0.3, -0.25) is 25.2 Å². The third-order valence-corrected chi connectivity index (χ3v) is 4.33. The molecule has 136 valence electrons. The van der Waals surface area contributed by atoms with Crippen molar-refractivity contribution in [3.05, 3.63) is 54.0 Å². The molecule has 0 saturated carbocycles. The molecular formula is C19H21N3O4. The van der Waals surface area contributed by atoms with Crippen LogP contribution >= 0.6 is 0 Å². The van der Waals surface area contributed by atoms with Crippen LogP contribution in [0.15, 0.2) is 47.1 Å². The van der Waals surface area contributed by atoms with E-state index >= 15 is 0 Å². The first-order valence-electron chi connectivity index (χ1n) is 8.61. The molecule has 2 heterocycles. The van der Waals surface area contributed by atoms with Gasteiger partial charge in [0, 0.05) is 18.7 Å². The Labute approximate surface area is 151 Å². The number of hydrazine groups is 1. The molecule has 0 aliphatic carbocycles. The van der Waals surface area contributed by atoms with Gasteiger partial charge < -0.3 is 9.32 Å². The van der Waals surface area contributed by atoms with Gasteiger partial charge in [-0.15, -0.1) is 0 Å². The Morgan fingerprint density at radius 1 is 1.19 bits per heavy atom. The highest BCUT2D eigenvalue weighted by Gasteiger charge is 2.35. The molecule has 0 spiro atoms. The largest absolute Gasteiger partial charge is 0.459 e. The van der Waals surface area contributed by atoms with Crippen LogP contribution in [0.1, 0.15) is 35.9 Å². The van der Waals surface area contributed by atoms with Crippen LogP contribution in [-0.4, -0.2) is 24.3 Å². The minimum absolute atomic E-state index is 0.0987. The van der Waals surface area contributed by atoms with Crippen molar-refractivity contribution in [2.24, 2.45) is 5.92 Å². The van der Waals surface area contributed by atoms with E-state index in [9.17, 15) is 14.4 Å². The van der Waals surface area contributed by atoms with Gasteiger partial charge in [0.05, 0.1) is 12.2 Å². The fourth-order valence-corrected chi connectivity index (χ4v) is 2.95. The molecule has 7 nitrogen and oxygen atoms in total. The lowest BCUT2D eigenvalue weighted by molar-refractivity contribution is -0.126. The Balaban J connectivity index is 1.56. The van der Waals surface area contributed by atoms with Gasteiger partial charge in [-0.05, 0) is 36.2 Å². The molecule has 26 heavy (non-hydrogen) atoms. The average molecular weight is 355 g/mol. The topological polar surface area (TPSA) is 91.7 Å². The molecule has 1 atom stereocenters. The highest BCUT2D eigenvalue weighted by molar-refractivity contribution is 6.01. The maximum Gasteiger partial charge on any atom is 0.305 e. The molecule has 7 heteroatoms. The van der Waals surface area contributed by atoms with Crippen LogP contribution in [0.2, 0.25) is 0 Å². The smallest absolute Gasteiger partial charge is 0.305 e. The molecule has 1 aliphatic heterocycles. The predicted molar refractivity (Wildman–Crippen MR) is 95.2 cm³/mol. The van der Waals surface area contributed by atoms with Crippen LogP contribution in [-0.2, 0) is 16.0 Å². The Kier molecular flexibility index (Phi) is 5.36. The molecule has 1 aromatic heterocycles. The van der Waals surface area contributed by atoms with Crippen LogP contribution < -0.4 is 15.8 Å². The quantitative estimate of drug-likeness (QED) is 0.803. The van der Waals surface area contributed by atoms with Crippen molar-refractivity contribution in [1.29, 1.82) is 0 Å². The molecule has 1 aliphatic rings. The standard InChI is InChI=1S/C19H21N3O4/c1-2-4-13-6-8-15(9-7-13)22-12-14(11-17(22)23)18(24)20-21-19(25)16-5-3-10-26-16/h3,5-10,14H,2,4,11-12H2,1H3,(H,20,24)(H,21,25). The molecule has 2 N–H and O–H groups in total. The summed E-state index contributed by atoms with van der Waals surface area (Å²) in [5.41, 5.74) is 6.65. The van der Waals surface area contributed by atoms with Crippen molar-refractivity contribution in [2.75, 3.05) is 11.4 Å². The summed E-state index contributed by atoms with van der Waals surface area (Å²) in [5.74, 6) is -1.47. The highest BCUT2D eigenvalue weighted by atomic mass is 16.3. The van der Waals surface area contributed by atoms with Crippen molar-refractivity contribution in [1.82, 2.24) is 10.9 Å². The van der Waals surface area contributed by atoms with Gasteiger partial charge in [0.1, 0.15) is 0 Å². The first-order valence-corrected chi connectivity index (χ1v) is 8.61. The number of aryl methyl sites for hydroxylation is 1. The molecule has 3 amide bonds. The van der Waals surface area contributed by atoms with E-state index < -0.39 is 17.7 Å². The Bertz CT molecular complexity index is 784. The summed E-state index contributed by atoms with van der Waals surface area (Å²) < 4.78 is 4.95. The van der Waals surface area contributed by atoms with Crippen LogP contribution in [0, 0.1) is 5.92 Å². The van der Waals surface area contributed by atoms with E-state index in [1.807, 2.05) is 24.3 Å². The zero-order valence-corrected chi connectivity index (χ0v) is 14.5. The van der Waals surface area contributed by atoms with E-state index in [1.54, 1.807) is 11.0 Å². The average Bonchev–Trinajstić information content (AvgIpc) is 3.30. The first kappa shape index (κ1) is 17.7. The number of nitrogens with one attached hydrogen (secondary N) is 2. The zero-order valence-electron chi connectivity index (χ0n) is 14.5. The summed E-state index contributed by atoms with van der Waals surface area (Å²) >= 11 is 0. The maximum atomic E-state index is 12.3. The molecule has 0 bridgehead atoms. The number of carbonyl (C=O) groups excluding carboxylic acids is 3. The van der Waals surface area contributed by atoms with Crippen LogP contribution in [0.5, 0.6) is 0 Å². The molecule has 3 rings (SSSR count). The van der Waals surface area contributed by atoms with Gasteiger partial charge in [-0.2, -0.15) is 0 Å². The highest BCUT2D eigenvalue weighted by Crippen LogP contribution is 2.25. The molecule has 1 saturated heterocycles. The Morgan fingerprint density at radius 3 is 2.62 bits per heavy atom. The third-order valence-electron chi connectivity index (χ3n) is 4.33. The number of nitrogens with zero attached hydrogens (tertiary/aromatic N) is 1. The van der Waals surface area contributed by atoms with E-state index in [0.29, 0.717) is 0 Å². The number of furan rings is 1. The van der Waals surface area contributed by atoms with Crippen molar-refractivity contribution in [3.8, 4) is 0 Å². The summed E-state index contributed by atoms with van der Waals surface area (Å²) in [5, 5.41) is 0. The fraction of sp³-hybridized carbons (Fsp3) is 0.316. The van der Waals surface area contributed by atoms with Gasteiger partial charge in [0.2, 0.25) is 11.8 Å². The number of amides is 3. The third kappa shape index (κ3) is 3.93. The van der Waals surface area contributed by atoms with Crippen molar-refractivity contribution >= 4 is 23.4 Å². The van der Waals surface area contributed by atoms with Crippen LogP contribution in [0.4, 0.5) is 5.69 Å². The summed E-state index contributed by atoms with van der Waals surface area (Å²) in [4.78, 5) is 37.9. The van der Waals surface area contributed by atoms with Gasteiger partial charge in [0.25, 0.3) is 0 Å². The second kappa shape index (κ2) is 7.86. The van der Waals surface area contributed by atoms with Crippen molar-refractivity contribution in [3.63, 3.8) is 0 Å². The van der Waals surface area contributed by atoms with Gasteiger partial charge in [0.15, 0.2) is 5.76 Å². The number of carbonyl (C=O) groups is 3. The lowest BCUT2D eigenvalue weighted by Gasteiger charge is -2.17. The van der Waals surface area contributed by atoms with E-state index in [1.165, 1.54) is 17.9 Å². The number of benzene rings is 1. The molecule has 1 fully saturated rings. The first-order chi connectivity index (χ1) is 12.6. The Hall–Kier alpha value is -3.09. The number of hydrogen-bond donors (Lipinski definition) is 2. The molecule has 1 aromatic carbocycles. The summed E-state index contributed by atoms with van der Waals surface area (Å²) in [6, 6.07) is 10.9. The minimum Gasteiger partial charge on any atom is -0.459 e. The predicted octanol–water partition coefficient (Wildman–Crippen LogP) is 2.05. The van der Waals surface area contributed by atoms with E-state index in [0.717, 1.165) is 18.5 Å². The van der Waals surface area contributed by atoms with Crippen LogP contribution in [0.3, 0.4) is 0 Å². The van der Waals surface area contributed by atoms with Gasteiger partial charge in [-0.25, -0.2) is 0 Å². The second-order valence-electron chi connectivity index (χ2n) is 6.24. The number of anilines is 1. The minimum atomic E-state index is -0.545. The maximum absolute atomic E-state index is 12.3. The summed E-state index contributed by atoms with van der Waals surface area (Å²) in [6.07, 6.45) is 3.54. The monoisotopic (exact) mass is 355 g/mol. The molecular weight excluding hydrogens is 334 g/mol. The normalized spacial score (nSPS) is 16.6. The van der Waals surface area contributed by atoms with Gasteiger partial charge >= 0.3 is 5.91 Å². The van der Waals surface area contributed by atoms with Crippen molar-refractivity contribution < 1.29 is 18.8 Å². The van der Waals surface area contributed by atoms with E-state index in [-0.39, 0.29) is 24.6 Å². The lowest BCUT2D eigenvalue weighted by Crippen LogP contribution is -2.45. The van der Waals surface area contributed by atoms with Gasteiger partial charge in [-0.1, -0.05) is 25.5 Å². The van der Waals surface area contributed by atoms with Crippen LogP contribution in [0.25, 0.3) is 0 Å². The SMILES string of the molecule is CCCc1ccc(N2CC(C(=O)NNC(=O)c3ccco3)CC2=O)cc1. The summed E-state index contributed by atoms with van der Waals surface area (Å²) in [7, 11) is 0. The fourth-order valence-electron chi connectivity index (χ4n) is 2.95. The number of hydrogen-bond acceptors (Lipinski definition) is 4. The van der Waals surface area contributed by atoms with Crippen molar-refractivity contribution in [2.45, 2.75) is 26.2 Å². The summed E-state index contributed by atoms with van der Waals surface area (Å²) in [6.45, 7) is 2.40. The lowest BCUT2D eigenvalue weighted by atomic mass is 10.1. The molecule has 0 radical (unpaired) electrons.